The van der Waals surface area contributed by atoms with E-state index < -0.39 is 24.7 Å². The van der Waals surface area contributed by atoms with Crippen molar-refractivity contribution in [1.29, 1.82) is 0 Å². The van der Waals surface area contributed by atoms with Crippen LogP contribution in [-0.2, 0) is 0 Å². The fourth-order valence-electron chi connectivity index (χ4n) is 1.79. The second kappa shape index (κ2) is 5.38. The molecule has 0 radical (unpaired) electrons. The van der Waals surface area contributed by atoms with Crippen LogP contribution in [0.5, 0.6) is 0 Å². The smallest absolute Gasteiger partial charge is 0.397 e. The molecule has 1 rings (SSSR count). The van der Waals surface area contributed by atoms with E-state index >= 15 is 0 Å². The number of rotatable bonds is 4. The van der Waals surface area contributed by atoms with E-state index in [9.17, 15) is 18.0 Å². The van der Waals surface area contributed by atoms with E-state index in [-0.39, 0.29) is 16.9 Å². The van der Waals surface area contributed by atoms with Gasteiger partial charge in [0.25, 0.3) is 5.91 Å². The minimum atomic E-state index is -4.40. The molecule has 0 bridgehead atoms. The zero-order valence-electron chi connectivity index (χ0n) is 10.7. The van der Waals surface area contributed by atoms with Crippen LogP contribution in [0.25, 0.3) is 0 Å². The number of amides is 1. The molecule has 19 heavy (non-hydrogen) atoms. The molecule has 0 saturated heterocycles. The number of carbonyl (C=O) groups is 1. The molecule has 0 aromatic heterocycles. The highest BCUT2D eigenvalue weighted by Gasteiger charge is 2.34. The minimum Gasteiger partial charge on any atom is -0.397 e. The molecule has 0 aliphatic carbocycles. The number of alkyl halides is 3. The first-order chi connectivity index (χ1) is 8.63. The molecule has 1 amide bonds. The first-order valence-electron chi connectivity index (χ1n) is 5.65. The zero-order chi connectivity index (χ0) is 14.8. The van der Waals surface area contributed by atoms with Crippen LogP contribution in [-0.4, -0.2) is 24.7 Å². The highest BCUT2D eigenvalue weighted by Crippen LogP contribution is 2.32. The van der Waals surface area contributed by atoms with Crippen molar-refractivity contribution in [2.45, 2.75) is 26.1 Å². The molecule has 0 fully saturated rings. The number of para-hydroxylation sites is 1. The third kappa shape index (κ3) is 3.77. The molecule has 1 aromatic rings. The van der Waals surface area contributed by atoms with Gasteiger partial charge in [-0.2, -0.15) is 13.2 Å². The lowest BCUT2D eigenvalue weighted by molar-refractivity contribution is -0.120. The van der Waals surface area contributed by atoms with Gasteiger partial charge in [-0.15, -0.1) is 0 Å². The highest BCUT2D eigenvalue weighted by atomic mass is 19.4. The van der Waals surface area contributed by atoms with Crippen LogP contribution in [0.3, 0.4) is 0 Å². The van der Waals surface area contributed by atoms with E-state index in [4.69, 9.17) is 11.5 Å². The number of nitrogens with two attached hydrogens (primary N) is 2. The number of anilines is 2. The van der Waals surface area contributed by atoms with Crippen molar-refractivity contribution in [2.24, 2.45) is 5.73 Å². The highest BCUT2D eigenvalue weighted by molar-refractivity contribution is 6.01. The van der Waals surface area contributed by atoms with Crippen LogP contribution in [0.1, 0.15) is 24.2 Å². The van der Waals surface area contributed by atoms with E-state index in [0.717, 1.165) is 4.90 Å². The van der Waals surface area contributed by atoms with E-state index in [1.165, 1.54) is 18.2 Å². The van der Waals surface area contributed by atoms with Crippen molar-refractivity contribution in [1.82, 2.24) is 0 Å². The Labute approximate surface area is 109 Å². The summed E-state index contributed by atoms with van der Waals surface area (Å²) in [5.41, 5.74) is 11.0. The molecule has 106 valence electrons. The van der Waals surface area contributed by atoms with Crippen LogP contribution in [0, 0.1) is 0 Å². The first-order valence-corrected chi connectivity index (χ1v) is 5.65. The molecule has 0 spiro atoms. The zero-order valence-corrected chi connectivity index (χ0v) is 10.7. The fraction of sp³-hybridized carbons (Fsp3) is 0.417. The van der Waals surface area contributed by atoms with Crippen LogP contribution in [0.2, 0.25) is 0 Å². The summed E-state index contributed by atoms with van der Waals surface area (Å²) < 4.78 is 37.9. The molecule has 0 aliphatic rings. The fourth-order valence-corrected chi connectivity index (χ4v) is 1.79. The molecule has 4 nitrogen and oxygen atoms in total. The number of primary amides is 1. The third-order valence-corrected chi connectivity index (χ3v) is 2.59. The molecule has 0 unspecified atom stereocenters. The van der Waals surface area contributed by atoms with E-state index in [1.807, 2.05) is 0 Å². The Kier molecular flexibility index (Phi) is 4.28. The normalized spacial score (nSPS) is 11.7. The lowest BCUT2D eigenvalue weighted by Gasteiger charge is -2.32. The van der Waals surface area contributed by atoms with Crippen molar-refractivity contribution in [3.63, 3.8) is 0 Å². The topological polar surface area (TPSA) is 72.3 Å². The second-order valence-electron chi connectivity index (χ2n) is 4.44. The summed E-state index contributed by atoms with van der Waals surface area (Å²) in [5.74, 6) is -0.810. The molecule has 1 aromatic carbocycles. The van der Waals surface area contributed by atoms with Crippen LogP contribution in [0.15, 0.2) is 18.2 Å². The van der Waals surface area contributed by atoms with Crippen LogP contribution >= 0.6 is 0 Å². The lowest BCUT2D eigenvalue weighted by Crippen LogP contribution is -2.40. The van der Waals surface area contributed by atoms with Gasteiger partial charge in [0, 0.05) is 6.04 Å². The van der Waals surface area contributed by atoms with Gasteiger partial charge in [0.15, 0.2) is 0 Å². The predicted octanol–water partition coefficient (Wildman–Crippen LogP) is 2.14. The van der Waals surface area contributed by atoms with Gasteiger partial charge in [-0.3, -0.25) is 4.79 Å². The Hall–Kier alpha value is -1.92. The maximum Gasteiger partial charge on any atom is 0.405 e. The van der Waals surface area contributed by atoms with Crippen molar-refractivity contribution < 1.29 is 18.0 Å². The molecule has 7 heteroatoms. The Balaban J connectivity index is 3.34. The summed E-state index contributed by atoms with van der Waals surface area (Å²) in [6, 6.07) is 3.79. The van der Waals surface area contributed by atoms with Crippen molar-refractivity contribution in [3.05, 3.63) is 23.8 Å². The molecule has 0 heterocycles. The Bertz CT molecular complexity index is 472. The number of nitrogens with zero attached hydrogens (tertiary/aromatic N) is 1. The molecule has 0 aliphatic heterocycles. The summed E-state index contributed by atoms with van der Waals surface area (Å²) in [7, 11) is 0. The third-order valence-electron chi connectivity index (χ3n) is 2.59. The average Bonchev–Trinajstić information content (AvgIpc) is 2.24. The molecule has 4 N–H and O–H groups in total. The van der Waals surface area contributed by atoms with Gasteiger partial charge in [-0.1, -0.05) is 6.07 Å². The van der Waals surface area contributed by atoms with Crippen molar-refractivity contribution >= 4 is 17.3 Å². The molecule has 0 saturated carbocycles. The van der Waals surface area contributed by atoms with Crippen molar-refractivity contribution in [2.75, 3.05) is 17.2 Å². The summed E-state index contributed by atoms with van der Waals surface area (Å²) in [6.45, 7) is 1.98. The second-order valence-corrected chi connectivity index (χ2v) is 4.44. The quantitative estimate of drug-likeness (QED) is 0.827. The van der Waals surface area contributed by atoms with Gasteiger partial charge < -0.3 is 16.4 Å². The van der Waals surface area contributed by atoms with Gasteiger partial charge in [-0.25, -0.2) is 0 Å². The van der Waals surface area contributed by atoms with Gasteiger partial charge in [0.05, 0.1) is 16.9 Å². The minimum absolute atomic E-state index is 0.0158. The number of carbonyl (C=O) groups excluding carboxylic acids is 1. The van der Waals surface area contributed by atoms with Gasteiger partial charge in [0.1, 0.15) is 6.54 Å². The maximum absolute atomic E-state index is 12.6. The predicted molar refractivity (Wildman–Crippen MR) is 67.9 cm³/mol. The van der Waals surface area contributed by atoms with E-state index in [0.29, 0.717) is 0 Å². The largest absolute Gasteiger partial charge is 0.405 e. The Morgan fingerprint density at radius 2 is 1.95 bits per heavy atom. The standard InChI is InChI=1S/C12H16F3N3O/c1-7(2)18(6-12(13,14)15)10-8(11(17)19)4-3-5-9(10)16/h3-5,7H,6,16H2,1-2H3,(H2,17,19). The lowest BCUT2D eigenvalue weighted by atomic mass is 10.1. The summed E-state index contributed by atoms with van der Waals surface area (Å²) >= 11 is 0. The van der Waals surface area contributed by atoms with E-state index in [2.05, 4.69) is 0 Å². The van der Waals surface area contributed by atoms with Crippen molar-refractivity contribution in [3.8, 4) is 0 Å². The summed E-state index contributed by atoms with van der Waals surface area (Å²) in [5, 5.41) is 0. The molecule has 0 atom stereocenters. The number of nitrogen functional groups attached to an aromatic ring is 1. The molecular weight excluding hydrogens is 259 g/mol. The summed E-state index contributed by atoms with van der Waals surface area (Å²) in [4.78, 5) is 12.3. The average molecular weight is 275 g/mol. The first kappa shape index (κ1) is 15.1. The number of hydrogen-bond acceptors (Lipinski definition) is 3. The van der Waals surface area contributed by atoms with Gasteiger partial charge >= 0.3 is 6.18 Å². The van der Waals surface area contributed by atoms with Gasteiger partial charge in [-0.05, 0) is 26.0 Å². The SMILES string of the molecule is CC(C)N(CC(F)(F)F)c1c(N)cccc1C(N)=O. The summed E-state index contributed by atoms with van der Waals surface area (Å²) in [6.07, 6.45) is -4.40. The van der Waals surface area contributed by atoms with Crippen LogP contribution < -0.4 is 16.4 Å². The van der Waals surface area contributed by atoms with E-state index in [1.54, 1.807) is 13.8 Å². The number of benzene rings is 1. The van der Waals surface area contributed by atoms with Crippen LogP contribution in [0.4, 0.5) is 24.5 Å². The molecular formula is C12H16F3N3O. The monoisotopic (exact) mass is 275 g/mol. The van der Waals surface area contributed by atoms with Gasteiger partial charge in [0.2, 0.25) is 0 Å². The number of hydrogen-bond donors (Lipinski definition) is 2. The Morgan fingerprint density at radius 3 is 2.37 bits per heavy atom. The number of halogens is 3. The Morgan fingerprint density at radius 1 is 1.37 bits per heavy atom. The maximum atomic E-state index is 12.6.